The van der Waals surface area contributed by atoms with E-state index in [1.807, 2.05) is 12.1 Å². The van der Waals surface area contributed by atoms with E-state index >= 15 is 0 Å². The maximum Gasteiger partial charge on any atom is 0.200 e. The smallest absolute Gasteiger partial charge is 0.200 e. The minimum atomic E-state index is -4.00. The fraction of sp³-hybridized carbons (Fsp3) is 0.250. The number of aromatic nitrogens is 2. The first-order valence-corrected chi connectivity index (χ1v) is 10.8. The summed E-state index contributed by atoms with van der Waals surface area (Å²) < 4.78 is 26.3. The van der Waals surface area contributed by atoms with Gasteiger partial charge in [0.2, 0.25) is 9.84 Å². The van der Waals surface area contributed by atoms with Crippen LogP contribution in [-0.2, 0) is 9.84 Å². The van der Waals surface area contributed by atoms with Crippen molar-refractivity contribution < 1.29 is 8.42 Å². The number of nitrogens with one attached hydrogen (secondary N) is 1. The van der Waals surface area contributed by atoms with Crippen molar-refractivity contribution in [2.24, 2.45) is 0 Å². The highest BCUT2D eigenvalue weighted by atomic mass is 35.5. The molecule has 3 aromatic rings. The number of fused-ring (bicyclic) bond motifs is 1. The summed E-state index contributed by atoms with van der Waals surface area (Å²) in [5.41, 5.74) is 1.27. The van der Waals surface area contributed by atoms with E-state index in [-0.39, 0.29) is 10.6 Å². The van der Waals surface area contributed by atoms with Crippen LogP contribution in [0, 0.1) is 11.3 Å². The van der Waals surface area contributed by atoms with Crippen LogP contribution in [0.1, 0.15) is 30.7 Å². The van der Waals surface area contributed by atoms with Gasteiger partial charge >= 0.3 is 0 Å². The first-order valence-electron chi connectivity index (χ1n) is 8.87. The van der Waals surface area contributed by atoms with Crippen LogP contribution >= 0.6 is 11.6 Å². The maximum absolute atomic E-state index is 13.1. The molecular formula is C20H19ClN4O2S. The van der Waals surface area contributed by atoms with Crippen LogP contribution in [0.2, 0.25) is 5.02 Å². The van der Waals surface area contributed by atoms with Crippen molar-refractivity contribution in [3.8, 4) is 6.07 Å². The molecule has 0 amide bonds. The number of halogens is 1. The monoisotopic (exact) mass is 414 g/mol. The fourth-order valence-electron chi connectivity index (χ4n) is 2.75. The van der Waals surface area contributed by atoms with E-state index in [0.29, 0.717) is 28.4 Å². The van der Waals surface area contributed by atoms with Crippen molar-refractivity contribution in [3.05, 3.63) is 59.2 Å². The van der Waals surface area contributed by atoms with Gasteiger partial charge in [-0.05, 0) is 42.8 Å². The number of hydrogen-bond donors (Lipinski definition) is 1. The van der Waals surface area contributed by atoms with Gasteiger partial charge in [-0.1, -0.05) is 37.1 Å². The average Bonchev–Trinajstić information content (AvgIpc) is 2.69. The average molecular weight is 415 g/mol. The Kier molecular flexibility index (Phi) is 6.12. The minimum Gasteiger partial charge on any atom is -0.368 e. The first kappa shape index (κ1) is 20.1. The summed E-state index contributed by atoms with van der Waals surface area (Å²) in [7, 11) is -4.00. The second kappa shape index (κ2) is 8.55. The predicted octanol–water partition coefficient (Wildman–Crippen LogP) is 4.53. The lowest BCUT2D eigenvalue weighted by molar-refractivity contribution is 0.590. The first-order chi connectivity index (χ1) is 13.5. The molecule has 0 aliphatic carbocycles. The van der Waals surface area contributed by atoms with Crippen LogP contribution in [-0.4, -0.2) is 24.9 Å². The standard InChI is InChI=1S/C20H19ClN4O2S/c1-2-3-12-23-20-19(24-16-6-4-5-7-17(16)25-20)18(13-22)28(26,27)15-10-8-14(21)9-11-15/h4-11,18H,2-3,12H2,1H3,(H,23,25)/t18-/m1/s1. The van der Waals surface area contributed by atoms with Crippen LogP contribution in [0.4, 0.5) is 5.82 Å². The Morgan fingerprint density at radius 2 is 1.75 bits per heavy atom. The molecule has 28 heavy (non-hydrogen) atoms. The summed E-state index contributed by atoms with van der Waals surface area (Å²) in [6, 6.07) is 14.8. The van der Waals surface area contributed by atoms with E-state index in [2.05, 4.69) is 22.2 Å². The molecular weight excluding hydrogens is 396 g/mol. The van der Waals surface area contributed by atoms with E-state index in [4.69, 9.17) is 11.6 Å². The molecule has 0 aliphatic rings. The highest BCUT2D eigenvalue weighted by Gasteiger charge is 2.33. The lowest BCUT2D eigenvalue weighted by atomic mass is 10.2. The number of nitrogens with zero attached hydrogens (tertiary/aromatic N) is 3. The molecule has 1 heterocycles. The number of para-hydroxylation sites is 2. The van der Waals surface area contributed by atoms with Gasteiger partial charge in [0.25, 0.3) is 0 Å². The molecule has 1 N–H and O–H groups in total. The van der Waals surface area contributed by atoms with Crippen molar-refractivity contribution in [2.45, 2.75) is 29.9 Å². The lowest BCUT2D eigenvalue weighted by Gasteiger charge is -2.16. The molecule has 6 nitrogen and oxygen atoms in total. The molecule has 1 aromatic heterocycles. The van der Waals surface area contributed by atoms with Crippen molar-refractivity contribution in [3.63, 3.8) is 0 Å². The topological polar surface area (TPSA) is 95.7 Å². The molecule has 0 saturated heterocycles. The molecule has 0 aliphatic heterocycles. The van der Waals surface area contributed by atoms with Gasteiger partial charge in [-0.3, -0.25) is 0 Å². The van der Waals surface area contributed by atoms with Crippen LogP contribution in [0.5, 0.6) is 0 Å². The highest BCUT2D eigenvalue weighted by Crippen LogP contribution is 2.32. The van der Waals surface area contributed by atoms with Gasteiger partial charge in [0.1, 0.15) is 5.69 Å². The van der Waals surface area contributed by atoms with E-state index in [0.717, 1.165) is 12.8 Å². The SMILES string of the molecule is CCCCNc1nc2ccccc2nc1[C@@H](C#N)S(=O)(=O)c1ccc(Cl)cc1. The third kappa shape index (κ3) is 4.08. The van der Waals surface area contributed by atoms with Crippen LogP contribution in [0.3, 0.4) is 0 Å². The Bertz CT molecular complexity index is 1130. The molecule has 0 spiro atoms. The molecule has 8 heteroatoms. The number of anilines is 1. The molecule has 2 aromatic carbocycles. The summed E-state index contributed by atoms with van der Waals surface area (Å²) in [5, 5.41) is 11.8. The summed E-state index contributed by atoms with van der Waals surface area (Å²) in [6.45, 7) is 2.66. The van der Waals surface area contributed by atoms with Crippen molar-refractivity contribution in [1.82, 2.24) is 9.97 Å². The number of unbranched alkanes of at least 4 members (excludes halogenated alkanes) is 1. The van der Waals surface area contributed by atoms with Gasteiger partial charge in [0.05, 0.1) is 22.0 Å². The molecule has 0 unspecified atom stereocenters. The zero-order chi connectivity index (χ0) is 20.1. The fourth-order valence-corrected chi connectivity index (χ4v) is 4.26. The Morgan fingerprint density at radius 1 is 1.11 bits per heavy atom. The zero-order valence-corrected chi connectivity index (χ0v) is 16.8. The van der Waals surface area contributed by atoms with E-state index < -0.39 is 15.1 Å². The Morgan fingerprint density at radius 3 is 2.36 bits per heavy atom. The van der Waals surface area contributed by atoms with Gasteiger partial charge < -0.3 is 5.32 Å². The summed E-state index contributed by atoms with van der Waals surface area (Å²) in [5.74, 6) is 0.316. The number of hydrogen-bond acceptors (Lipinski definition) is 6. The third-order valence-corrected chi connectivity index (χ3v) is 6.37. The number of rotatable bonds is 7. The normalized spacial score (nSPS) is 12.5. The zero-order valence-electron chi connectivity index (χ0n) is 15.3. The molecule has 3 rings (SSSR count). The molecule has 1 atom stereocenters. The van der Waals surface area contributed by atoms with Gasteiger partial charge in [0, 0.05) is 11.6 Å². The lowest BCUT2D eigenvalue weighted by Crippen LogP contribution is -2.17. The Labute approximate surface area is 169 Å². The van der Waals surface area contributed by atoms with E-state index in [1.54, 1.807) is 18.2 Å². The minimum absolute atomic E-state index is 0.0120. The van der Waals surface area contributed by atoms with Crippen molar-refractivity contribution in [2.75, 3.05) is 11.9 Å². The largest absolute Gasteiger partial charge is 0.368 e. The number of benzene rings is 2. The van der Waals surface area contributed by atoms with Gasteiger partial charge in [-0.15, -0.1) is 0 Å². The quantitative estimate of drug-likeness (QED) is 0.570. The third-order valence-electron chi connectivity index (χ3n) is 4.24. The van der Waals surface area contributed by atoms with E-state index in [9.17, 15) is 13.7 Å². The summed E-state index contributed by atoms with van der Waals surface area (Å²) in [4.78, 5) is 9.02. The second-order valence-electron chi connectivity index (χ2n) is 6.23. The van der Waals surface area contributed by atoms with Gasteiger partial charge in [-0.25, -0.2) is 18.4 Å². The summed E-state index contributed by atoms with van der Waals surface area (Å²) in [6.07, 6.45) is 1.85. The Balaban J connectivity index is 2.13. The number of nitriles is 1. The number of sulfone groups is 1. The van der Waals surface area contributed by atoms with Crippen molar-refractivity contribution in [1.29, 1.82) is 5.26 Å². The highest BCUT2D eigenvalue weighted by molar-refractivity contribution is 7.92. The molecule has 0 radical (unpaired) electrons. The molecule has 0 fully saturated rings. The van der Waals surface area contributed by atoms with Crippen LogP contribution in [0.15, 0.2) is 53.4 Å². The van der Waals surface area contributed by atoms with E-state index in [1.165, 1.54) is 24.3 Å². The van der Waals surface area contributed by atoms with Crippen LogP contribution < -0.4 is 5.32 Å². The predicted molar refractivity (Wildman–Crippen MR) is 110 cm³/mol. The molecule has 144 valence electrons. The summed E-state index contributed by atoms with van der Waals surface area (Å²) >= 11 is 5.86. The van der Waals surface area contributed by atoms with Crippen LogP contribution in [0.25, 0.3) is 11.0 Å². The molecule has 0 bridgehead atoms. The van der Waals surface area contributed by atoms with Crippen molar-refractivity contribution >= 4 is 38.3 Å². The second-order valence-corrected chi connectivity index (χ2v) is 8.70. The molecule has 0 saturated carbocycles. The van der Waals surface area contributed by atoms with Gasteiger partial charge in [-0.2, -0.15) is 5.26 Å². The van der Waals surface area contributed by atoms with Gasteiger partial charge in [0.15, 0.2) is 11.1 Å². The Hall–Kier alpha value is -2.69. The maximum atomic E-state index is 13.1.